The number of hydrogen-bond acceptors (Lipinski definition) is 4. The predicted molar refractivity (Wildman–Crippen MR) is 110 cm³/mol. The summed E-state index contributed by atoms with van der Waals surface area (Å²) in [6.07, 6.45) is 1.79. The SMILES string of the molecule is CCOc1cc2c(cc1OCC)CN(C(=O)CCc1ccc(C(=O)O)cc1)CC2. The second-order valence-corrected chi connectivity index (χ2v) is 7.00. The van der Waals surface area contributed by atoms with E-state index in [9.17, 15) is 9.59 Å². The maximum absolute atomic E-state index is 12.7. The van der Waals surface area contributed by atoms with Crippen molar-refractivity contribution in [3.8, 4) is 11.5 Å². The highest BCUT2D eigenvalue weighted by molar-refractivity contribution is 5.87. The van der Waals surface area contributed by atoms with Crippen molar-refractivity contribution in [2.45, 2.75) is 39.7 Å². The van der Waals surface area contributed by atoms with E-state index in [-0.39, 0.29) is 11.5 Å². The molecule has 2 aromatic rings. The van der Waals surface area contributed by atoms with Crippen molar-refractivity contribution >= 4 is 11.9 Å². The minimum Gasteiger partial charge on any atom is -0.490 e. The van der Waals surface area contributed by atoms with E-state index in [1.54, 1.807) is 24.3 Å². The van der Waals surface area contributed by atoms with Crippen molar-refractivity contribution in [1.29, 1.82) is 0 Å². The summed E-state index contributed by atoms with van der Waals surface area (Å²) in [4.78, 5) is 25.5. The van der Waals surface area contributed by atoms with E-state index < -0.39 is 5.97 Å². The Kier molecular flexibility index (Phi) is 6.75. The lowest BCUT2D eigenvalue weighted by Crippen LogP contribution is -2.36. The molecule has 1 heterocycles. The third-order valence-electron chi connectivity index (χ3n) is 5.06. The van der Waals surface area contributed by atoms with Gasteiger partial charge in [0.05, 0.1) is 18.8 Å². The fourth-order valence-corrected chi connectivity index (χ4v) is 3.54. The molecule has 0 bridgehead atoms. The van der Waals surface area contributed by atoms with Gasteiger partial charge in [-0.05, 0) is 67.6 Å². The molecule has 0 aliphatic carbocycles. The summed E-state index contributed by atoms with van der Waals surface area (Å²) < 4.78 is 11.4. The molecule has 1 aliphatic heterocycles. The largest absolute Gasteiger partial charge is 0.490 e. The molecule has 0 unspecified atom stereocenters. The number of carbonyl (C=O) groups excluding carboxylic acids is 1. The van der Waals surface area contributed by atoms with Gasteiger partial charge in [-0.15, -0.1) is 0 Å². The number of nitrogens with zero attached hydrogens (tertiary/aromatic N) is 1. The number of carbonyl (C=O) groups is 2. The smallest absolute Gasteiger partial charge is 0.335 e. The second kappa shape index (κ2) is 9.45. The molecule has 1 amide bonds. The molecule has 0 saturated carbocycles. The monoisotopic (exact) mass is 397 g/mol. The first-order valence-electron chi connectivity index (χ1n) is 10.0. The minimum atomic E-state index is -0.946. The standard InChI is InChI=1S/C23H27NO5/c1-3-28-20-13-18-11-12-24(15-19(18)14-21(20)29-4-2)22(25)10-7-16-5-8-17(9-6-16)23(26)27/h5-6,8-9,13-14H,3-4,7,10-12,15H2,1-2H3,(H,26,27). The molecule has 3 rings (SSSR count). The number of fused-ring (bicyclic) bond motifs is 1. The van der Waals surface area contributed by atoms with Crippen LogP contribution in [0.4, 0.5) is 0 Å². The van der Waals surface area contributed by atoms with Gasteiger partial charge in [0, 0.05) is 19.5 Å². The molecule has 1 N–H and O–H groups in total. The quantitative estimate of drug-likeness (QED) is 0.735. The molecule has 0 spiro atoms. The van der Waals surface area contributed by atoms with Crippen molar-refractivity contribution in [3.63, 3.8) is 0 Å². The van der Waals surface area contributed by atoms with Gasteiger partial charge in [-0.3, -0.25) is 4.79 Å². The number of carboxylic acids is 1. The first-order chi connectivity index (χ1) is 14.0. The molecular formula is C23H27NO5. The third-order valence-corrected chi connectivity index (χ3v) is 5.06. The molecule has 0 atom stereocenters. The van der Waals surface area contributed by atoms with Gasteiger partial charge in [-0.1, -0.05) is 12.1 Å². The zero-order chi connectivity index (χ0) is 20.8. The molecule has 6 nitrogen and oxygen atoms in total. The van der Waals surface area contributed by atoms with Crippen molar-refractivity contribution in [2.24, 2.45) is 0 Å². The van der Waals surface area contributed by atoms with Gasteiger partial charge in [0.25, 0.3) is 0 Å². The van der Waals surface area contributed by atoms with Crippen LogP contribution in [-0.4, -0.2) is 41.6 Å². The van der Waals surface area contributed by atoms with Gasteiger partial charge in [-0.25, -0.2) is 4.79 Å². The number of aryl methyl sites for hydroxylation is 1. The zero-order valence-corrected chi connectivity index (χ0v) is 16.9. The third kappa shape index (κ3) is 5.08. The molecule has 2 aromatic carbocycles. The van der Waals surface area contributed by atoms with Crippen LogP contribution >= 0.6 is 0 Å². The van der Waals surface area contributed by atoms with Gasteiger partial charge >= 0.3 is 5.97 Å². The van der Waals surface area contributed by atoms with Gasteiger partial charge in [-0.2, -0.15) is 0 Å². The van der Waals surface area contributed by atoms with Crippen LogP contribution in [0.1, 0.15) is 47.3 Å². The summed E-state index contributed by atoms with van der Waals surface area (Å²) in [5, 5.41) is 8.97. The number of carboxylic acid groups (broad SMARTS) is 1. The fraction of sp³-hybridized carbons (Fsp3) is 0.391. The Balaban J connectivity index is 1.64. The van der Waals surface area contributed by atoms with Crippen LogP contribution < -0.4 is 9.47 Å². The maximum atomic E-state index is 12.7. The number of rotatable bonds is 8. The highest BCUT2D eigenvalue weighted by Gasteiger charge is 2.23. The molecule has 0 fully saturated rings. The molecule has 1 aliphatic rings. The van der Waals surface area contributed by atoms with Crippen LogP contribution in [0.25, 0.3) is 0 Å². The highest BCUT2D eigenvalue weighted by Crippen LogP contribution is 2.34. The van der Waals surface area contributed by atoms with E-state index >= 15 is 0 Å². The summed E-state index contributed by atoms with van der Waals surface area (Å²) >= 11 is 0. The number of amides is 1. The molecule has 6 heteroatoms. The topological polar surface area (TPSA) is 76.1 Å². The molecule has 29 heavy (non-hydrogen) atoms. The number of benzene rings is 2. The first-order valence-corrected chi connectivity index (χ1v) is 10.0. The van der Waals surface area contributed by atoms with Gasteiger partial charge in [0.15, 0.2) is 11.5 Å². The van der Waals surface area contributed by atoms with Crippen molar-refractivity contribution in [2.75, 3.05) is 19.8 Å². The van der Waals surface area contributed by atoms with Gasteiger partial charge in [0.1, 0.15) is 0 Å². The van der Waals surface area contributed by atoms with E-state index in [1.165, 1.54) is 5.56 Å². The number of ether oxygens (including phenoxy) is 2. The Bertz CT molecular complexity index is 876. The average molecular weight is 397 g/mol. The molecule has 154 valence electrons. The van der Waals surface area contributed by atoms with Crippen LogP contribution in [0.15, 0.2) is 36.4 Å². The van der Waals surface area contributed by atoms with E-state index in [2.05, 4.69) is 0 Å². The van der Waals surface area contributed by atoms with Crippen molar-refractivity contribution < 1.29 is 24.2 Å². The Morgan fingerprint density at radius 1 is 1.00 bits per heavy atom. The van der Waals surface area contributed by atoms with Crippen molar-refractivity contribution in [3.05, 3.63) is 58.7 Å². The molecule has 0 saturated heterocycles. The van der Waals surface area contributed by atoms with E-state index in [0.717, 1.165) is 29.0 Å². The minimum absolute atomic E-state index is 0.102. The van der Waals surface area contributed by atoms with Crippen LogP contribution in [0, 0.1) is 0 Å². The van der Waals surface area contributed by atoms with Crippen LogP contribution in [-0.2, 0) is 24.2 Å². The van der Waals surface area contributed by atoms with E-state index in [0.29, 0.717) is 39.1 Å². The van der Waals surface area contributed by atoms with E-state index in [4.69, 9.17) is 14.6 Å². The summed E-state index contributed by atoms with van der Waals surface area (Å²) in [6.45, 7) is 6.28. The second-order valence-electron chi connectivity index (χ2n) is 7.00. The Labute approximate surface area is 171 Å². The van der Waals surface area contributed by atoms with Crippen LogP contribution in [0.3, 0.4) is 0 Å². The Hall–Kier alpha value is -3.02. The predicted octanol–water partition coefficient (Wildman–Crippen LogP) is 3.70. The Morgan fingerprint density at radius 3 is 2.21 bits per heavy atom. The number of aromatic carboxylic acids is 1. The molecular weight excluding hydrogens is 370 g/mol. The highest BCUT2D eigenvalue weighted by atomic mass is 16.5. The van der Waals surface area contributed by atoms with Gasteiger partial charge in [0.2, 0.25) is 5.91 Å². The fourth-order valence-electron chi connectivity index (χ4n) is 3.54. The Morgan fingerprint density at radius 2 is 1.62 bits per heavy atom. The lowest BCUT2D eigenvalue weighted by molar-refractivity contribution is -0.132. The summed E-state index contributed by atoms with van der Waals surface area (Å²) in [6, 6.07) is 10.7. The van der Waals surface area contributed by atoms with Gasteiger partial charge < -0.3 is 19.5 Å². The lowest BCUT2D eigenvalue weighted by Gasteiger charge is -2.30. The maximum Gasteiger partial charge on any atom is 0.335 e. The molecule has 0 radical (unpaired) electrons. The first kappa shape index (κ1) is 20.7. The normalized spacial score (nSPS) is 13.0. The van der Waals surface area contributed by atoms with Crippen LogP contribution in [0.2, 0.25) is 0 Å². The zero-order valence-electron chi connectivity index (χ0n) is 16.9. The average Bonchev–Trinajstić information content (AvgIpc) is 2.72. The van der Waals surface area contributed by atoms with E-state index in [1.807, 2.05) is 30.9 Å². The summed E-state index contributed by atoms with van der Waals surface area (Å²) in [7, 11) is 0. The lowest BCUT2D eigenvalue weighted by atomic mass is 9.98. The number of hydrogen-bond donors (Lipinski definition) is 1. The van der Waals surface area contributed by atoms with Crippen molar-refractivity contribution in [1.82, 2.24) is 4.90 Å². The molecule has 0 aromatic heterocycles. The van der Waals surface area contributed by atoms with Crippen LogP contribution in [0.5, 0.6) is 11.5 Å². The summed E-state index contributed by atoms with van der Waals surface area (Å²) in [5.41, 5.74) is 3.51. The summed E-state index contributed by atoms with van der Waals surface area (Å²) in [5.74, 6) is 0.641.